The number of aromatic nitrogens is 2. The molecule has 0 saturated heterocycles. The highest BCUT2D eigenvalue weighted by atomic mass is 32.1. The van der Waals surface area contributed by atoms with Crippen LogP contribution in [0, 0.1) is 4.77 Å². The van der Waals surface area contributed by atoms with E-state index in [4.69, 9.17) is 12.2 Å². The third-order valence-electron chi connectivity index (χ3n) is 1.75. The molecule has 3 N–H and O–H groups in total. The summed E-state index contributed by atoms with van der Waals surface area (Å²) in [6.45, 7) is 2.90. The molecule has 0 aliphatic rings. The number of hydrogen-bond donors (Lipinski definition) is 3. The van der Waals surface area contributed by atoms with Crippen LogP contribution in [0.25, 0.3) is 0 Å². The minimum atomic E-state index is -1.32. The van der Waals surface area contributed by atoms with E-state index in [2.05, 4.69) is 4.98 Å². The van der Waals surface area contributed by atoms with Crippen LogP contribution in [0.3, 0.4) is 0 Å². The van der Waals surface area contributed by atoms with Gasteiger partial charge in [-0.3, -0.25) is 14.3 Å². The van der Waals surface area contributed by atoms with Gasteiger partial charge in [0, 0.05) is 12.3 Å². The molecule has 6 heteroatoms. The van der Waals surface area contributed by atoms with Crippen LogP contribution in [0.4, 0.5) is 0 Å². The van der Waals surface area contributed by atoms with E-state index in [1.54, 1.807) is 0 Å². The number of H-pyrrole nitrogens is 1. The summed E-state index contributed by atoms with van der Waals surface area (Å²) in [7, 11) is 0. The Balaban J connectivity index is 3.21. The Bertz CT molecular complexity index is 429. The summed E-state index contributed by atoms with van der Waals surface area (Å²) in [6.07, 6.45) is 0.149. The summed E-state index contributed by atoms with van der Waals surface area (Å²) in [5, 5.41) is 19.2. The number of aliphatic hydroxyl groups is 2. The molecule has 1 rings (SSSR count). The summed E-state index contributed by atoms with van der Waals surface area (Å²) in [5.41, 5.74) is -1.66. The Kier molecular flexibility index (Phi) is 2.89. The summed E-state index contributed by atoms with van der Waals surface area (Å²) < 4.78 is 1.30. The monoisotopic (exact) mass is 216 g/mol. The molecule has 78 valence electrons. The fourth-order valence-electron chi connectivity index (χ4n) is 0.960. The van der Waals surface area contributed by atoms with E-state index in [1.165, 1.54) is 30.7 Å². The lowest BCUT2D eigenvalue weighted by molar-refractivity contribution is -0.0906. The van der Waals surface area contributed by atoms with Gasteiger partial charge in [0.05, 0.1) is 0 Å². The maximum absolute atomic E-state index is 10.8. The highest BCUT2D eigenvalue weighted by Gasteiger charge is 2.25. The van der Waals surface area contributed by atoms with Crippen LogP contribution in [0.1, 0.15) is 20.1 Å². The highest BCUT2D eigenvalue weighted by molar-refractivity contribution is 7.71. The molecule has 0 saturated carbocycles. The second-order valence-corrected chi connectivity index (χ2v) is 3.93. The average molecular weight is 216 g/mol. The predicted molar refractivity (Wildman–Crippen MR) is 53.4 cm³/mol. The third-order valence-corrected chi connectivity index (χ3v) is 2.06. The molecular weight excluding hydrogens is 204 g/mol. The third kappa shape index (κ3) is 2.28. The first-order valence-electron chi connectivity index (χ1n) is 4.04. The van der Waals surface area contributed by atoms with Crippen molar-refractivity contribution in [2.24, 2.45) is 0 Å². The maximum Gasteiger partial charge on any atom is 0.251 e. The second kappa shape index (κ2) is 3.64. The molecular formula is C8H12N2O3S. The molecule has 1 atom stereocenters. The van der Waals surface area contributed by atoms with Gasteiger partial charge in [-0.25, -0.2) is 0 Å². The van der Waals surface area contributed by atoms with Crippen molar-refractivity contribution in [1.29, 1.82) is 0 Å². The topological polar surface area (TPSA) is 78.2 Å². The average Bonchev–Trinajstić information content (AvgIpc) is 2.01. The Morgan fingerprint density at radius 2 is 2.21 bits per heavy atom. The number of aliphatic hydroxyl groups excluding tert-OH is 1. The zero-order valence-electron chi connectivity index (χ0n) is 7.89. The van der Waals surface area contributed by atoms with Crippen molar-refractivity contribution < 1.29 is 10.2 Å². The number of rotatable bonds is 2. The first-order valence-corrected chi connectivity index (χ1v) is 4.45. The normalized spacial score (nSPS) is 14.0. The largest absolute Gasteiger partial charge is 0.386 e. The van der Waals surface area contributed by atoms with E-state index in [1.807, 2.05) is 0 Å². The van der Waals surface area contributed by atoms with Crippen molar-refractivity contribution >= 4 is 12.2 Å². The summed E-state index contributed by atoms with van der Waals surface area (Å²) in [5.74, 6) is 0. The van der Waals surface area contributed by atoms with Crippen molar-refractivity contribution in [3.63, 3.8) is 0 Å². The molecule has 0 amide bonds. The smallest absolute Gasteiger partial charge is 0.251 e. The first kappa shape index (κ1) is 11.1. The van der Waals surface area contributed by atoms with Crippen molar-refractivity contribution in [3.8, 4) is 0 Å². The first-order chi connectivity index (χ1) is 6.32. The lowest BCUT2D eigenvalue weighted by Gasteiger charge is -2.26. The molecule has 1 aromatic rings. The van der Waals surface area contributed by atoms with E-state index >= 15 is 0 Å². The lowest BCUT2D eigenvalue weighted by Crippen LogP contribution is -2.34. The quantitative estimate of drug-likeness (QED) is 0.616. The molecule has 1 heterocycles. The van der Waals surface area contributed by atoms with E-state index in [9.17, 15) is 15.0 Å². The molecule has 0 unspecified atom stereocenters. The Morgan fingerprint density at radius 1 is 1.64 bits per heavy atom. The lowest BCUT2D eigenvalue weighted by atomic mass is 10.1. The zero-order chi connectivity index (χ0) is 10.9. The molecule has 1 aromatic heterocycles. The molecule has 0 bridgehead atoms. The van der Waals surface area contributed by atoms with Crippen molar-refractivity contribution in [2.75, 3.05) is 0 Å². The van der Waals surface area contributed by atoms with Gasteiger partial charge in [-0.1, -0.05) is 0 Å². The van der Waals surface area contributed by atoms with Gasteiger partial charge in [0.25, 0.3) is 5.56 Å². The van der Waals surface area contributed by atoms with Gasteiger partial charge >= 0.3 is 0 Å². The van der Waals surface area contributed by atoms with Crippen LogP contribution in [0.5, 0.6) is 0 Å². The Hall–Kier alpha value is -0.980. The van der Waals surface area contributed by atoms with Gasteiger partial charge < -0.3 is 10.2 Å². The van der Waals surface area contributed by atoms with E-state index < -0.39 is 11.8 Å². The van der Waals surface area contributed by atoms with Crippen molar-refractivity contribution in [2.45, 2.75) is 25.7 Å². The van der Waals surface area contributed by atoms with E-state index in [0.717, 1.165) is 0 Å². The Labute approximate surface area is 85.6 Å². The predicted octanol–water partition coefficient (Wildman–Crippen LogP) is 0.168. The molecule has 0 radical (unpaired) electrons. The maximum atomic E-state index is 10.8. The van der Waals surface area contributed by atoms with Crippen LogP contribution in [-0.2, 0) is 0 Å². The summed E-state index contributed by atoms with van der Waals surface area (Å²) in [4.78, 5) is 13.2. The van der Waals surface area contributed by atoms with Gasteiger partial charge in [-0.15, -0.1) is 0 Å². The van der Waals surface area contributed by atoms with Crippen LogP contribution in [0.2, 0.25) is 0 Å². The highest BCUT2D eigenvalue weighted by Crippen LogP contribution is 2.18. The molecule has 14 heavy (non-hydrogen) atoms. The summed E-state index contributed by atoms with van der Waals surface area (Å²) in [6, 6.07) is 1.23. The van der Waals surface area contributed by atoms with Gasteiger partial charge in [0.2, 0.25) is 0 Å². The minimum absolute atomic E-state index is 0.0760. The van der Waals surface area contributed by atoms with Crippen LogP contribution >= 0.6 is 12.2 Å². The van der Waals surface area contributed by atoms with Gasteiger partial charge in [0.15, 0.2) is 11.0 Å². The number of aromatic amines is 1. The van der Waals surface area contributed by atoms with Crippen LogP contribution in [0.15, 0.2) is 17.1 Å². The van der Waals surface area contributed by atoms with Gasteiger partial charge in [-0.05, 0) is 26.1 Å². The Morgan fingerprint density at radius 3 is 2.64 bits per heavy atom. The summed E-state index contributed by atoms with van der Waals surface area (Å²) >= 11 is 4.82. The molecule has 0 aliphatic heterocycles. The SMILES string of the molecule is CC(C)(O)[C@@H](O)n1ccc(=O)[nH]c1=S. The number of hydrogen-bond acceptors (Lipinski definition) is 4. The molecule has 0 spiro atoms. The molecule has 0 aromatic carbocycles. The fraction of sp³-hybridized carbons (Fsp3) is 0.500. The number of nitrogens with one attached hydrogen (secondary N) is 1. The second-order valence-electron chi connectivity index (χ2n) is 3.54. The molecule has 5 nitrogen and oxygen atoms in total. The number of nitrogens with zero attached hydrogens (tertiary/aromatic N) is 1. The van der Waals surface area contributed by atoms with Gasteiger partial charge in [0.1, 0.15) is 5.60 Å². The molecule has 0 fully saturated rings. The molecule has 0 aliphatic carbocycles. The van der Waals surface area contributed by atoms with Crippen LogP contribution < -0.4 is 5.56 Å². The van der Waals surface area contributed by atoms with Crippen LogP contribution in [-0.4, -0.2) is 25.4 Å². The zero-order valence-corrected chi connectivity index (χ0v) is 8.71. The van der Waals surface area contributed by atoms with Crippen molar-refractivity contribution in [3.05, 3.63) is 27.4 Å². The van der Waals surface area contributed by atoms with Gasteiger partial charge in [-0.2, -0.15) is 0 Å². The van der Waals surface area contributed by atoms with E-state index in [-0.39, 0.29) is 10.3 Å². The fourth-order valence-corrected chi connectivity index (χ4v) is 1.22. The van der Waals surface area contributed by atoms with E-state index in [0.29, 0.717) is 0 Å². The minimum Gasteiger partial charge on any atom is -0.386 e. The standard InChI is InChI=1S/C8H12N2O3S/c1-8(2,13)6(12)10-4-3-5(11)9-7(10)14/h3-4,6,12-13H,1-2H3,(H,9,11,14)/t6-/m1/s1. The van der Waals surface area contributed by atoms with Crippen molar-refractivity contribution in [1.82, 2.24) is 9.55 Å².